The fourth-order valence-corrected chi connectivity index (χ4v) is 1.93. The number of nitrogens with zero attached hydrogens (tertiary/aromatic N) is 1. The lowest BCUT2D eigenvalue weighted by molar-refractivity contribution is -0.153. The molecule has 1 fully saturated rings. The molecule has 1 heterocycles. The van der Waals surface area contributed by atoms with Gasteiger partial charge in [0.2, 0.25) is 5.91 Å². The first-order valence-corrected chi connectivity index (χ1v) is 6.07. The molecule has 2 N–H and O–H groups in total. The molecular weight excluding hydrogens is 220 g/mol. The molecule has 1 aliphatic heterocycles. The molecule has 1 atom stereocenters. The SMILES string of the molecule is CN1CCCCC1CNC(=O)C(C)(C)C(=O)O. The first-order chi connectivity index (χ1) is 7.85. The van der Waals surface area contributed by atoms with Crippen LogP contribution in [-0.2, 0) is 9.59 Å². The standard InChI is InChI=1S/C12H22N2O3/c1-12(2,11(16)17)10(15)13-8-9-6-4-5-7-14(9)3/h9H,4-8H2,1-3H3,(H,13,15)(H,16,17). The predicted octanol–water partition coefficient (Wildman–Crippen LogP) is 0.698. The van der Waals surface area contributed by atoms with Crippen LogP contribution in [0.4, 0.5) is 0 Å². The molecule has 0 aliphatic carbocycles. The number of carboxylic acids is 1. The number of carboxylic acid groups (broad SMARTS) is 1. The quantitative estimate of drug-likeness (QED) is 0.712. The van der Waals surface area contributed by atoms with Gasteiger partial charge >= 0.3 is 5.97 Å². The second kappa shape index (κ2) is 5.49. The Kier molecular flexibility index (Phi) is 4.51. The summed E-state index contributed by atoms with van der Waals surface area (Å²) < 4.78 is 0. The Labute approximate surface area is 102 Å². The van der Waals surface area contributed by atoms with E-state index in [1.807, 2.05) is 7.05 Å². The Morgan fingerprint density at radius 3 is 2.59 bits per heavy atom. The number of rotatable bonds is 4. The molecule has 0 aromatic rings. The number of likely N-dealkylation sites (tertiary alicyclic amines) is 1. The monoisotopic (exact) mass is 242 g/mol. The summed E-state index contributed by atoms with van der Waals surface area (Å²) >= 11 is 0. The van der Waals surface area contributed by atoms with Crippen molar-refractivity contribution in [3.8, 4) is 0 Å². The lowest BCUT2D eigenvalue weighted by Gasteiger charge is -2.33. The van der Waals surface area contributed by atoms with Crippen molar-refractivity contribution in [3.05, 3.63) is 0 Å². The third-order valence-corrected chi connectivity index (χ3v) is 3.52. The summed E-state index contributed by atoms with van der Waals surface area (Å²) in [7, 11) is 2.04. The summed E-state index contributed by atoms with van der Waals surface area (Å²) in [6, 6.07) is 0.331. The Hall–Kier alpha value is -1.10. The first-order valence-electron chi connectivity index (χ1n) is 6.07. The zero-order valence-corrected chi connectivity index (χ0v) is 10.8. The van der Waals surface area contributed by atoms with E-state index in [1.54, 1.807) is 0 Å². The van der Waals surface area contributed by atoms with Gasteiger partial charge < -0.3 is 15.3 Å². The number of nitrogens with one attached hydrogen (secondary N) is 1. The van der Waals surface area contributed by atoms with E-state index in [2.05, 4.69) is 10.2 Å². The average molecular weight is 242 g/mol. The number of amides is 1. The molecule has 98 valence electrons. The predicted molar refractivity (Wildman–Crippen MR) is 64.7 cm³/mol. The van der Waals surface area contributed by atoms with Gasteiger partial charge in [0.25, 0.3) is 0 Å². The van der Waals surface area contributed by atoms with Crippen molar-refractivity contribution in [2.45, 2.75) is 39.2 Å². The van der Waals surface area contributed by atoms with Gasteiger partial charge in [-0.25, -0.2) is 0 Å². The van der Waals surface area contributed by atoms with Crippen molar-refractivity contribution in [2.75, 3.05) is 20.1 Å². The van der Waals surface area contributed by atoms with E-state index < -0.39 is 17.3 Å². The molecule has 0 spiro atoms. The van der Waals surface area contributed by atoms with Crippen LogP contribution in [0.3, 0.4) is 0 Å². The van der Waals surface area contributed by atoms with Crippen LogP contribution in [0.1, 0.15) is 33.1 Å². The zero-order valence-electron chi connectivity index (χ0n) is 10.8. The smallest absolute Gasteiger partial charge is 0.318 e. The molecular formula is C12H22N2O3. The van der Waals surface area contributed by atoms with Crippen LogP contribution in [0.25, 0.3) is 0 Å². The molecule has 0 saturated carbocycles. The molecule has 0 radical (unpaired) electrons. The van der Waals surface area contributed by atoms with Crippen LogP contribution in [-0.4, -0.2) is 48.1 Å². The molecule has 5 nitrogen and oxygen atoms in total. The summed E-state index contributed by atoms with van der Waals surface area (Å²) in [6.07, 6.45) is 3.43. The van der Waals surface area contributed by atoms with E-state index >= 15 is 0 Å². The maximum Gasteiger partial charge on any atom is 0.318 e. The second-order valence-corrected chi connectivity index (χ2v) is 5.27. The largest absolute Gasteiger partial charge is 0.480 e. The van der Waals surface area contributed by atoms with E-state index in [0.717, 1.165) is 13.0 Å². The van der Waals surface area contributed by atoms with E-state index in [9.17, 15) is 9.59 Å². The molecule has 1 amide bonds. The summed E-state index contributed by atoms with van der Waals surface area (Å²) in [4.78, 5) is 24.9. The van der Waals surface area contributed by atoms with Gasteiger partial charge in [-0.05, 0) is 40.3 Å². The summed E-state index contributed by atoms with van der Waals surface area (Å²) in [6.45, 7) is 4.43. The normalized spacial score (nSPS) is 22.2. The van der Waals surface area contributed by atoms with Gasteiger partial charge in [0.05, 0.1) is 0 Å². The molecule has 17 heavy (non-hydrogen) atoms. The van der Waals surface area contributed by atoms with Gasteiger partial charge in [-0.2, -0.15) is 0 Å². The van der Waals surface area contributed by atoms with Crippen LogP contribution < -0.4 is 5.32 Å². The van der Waals surface area contributed by atoms with Crippen LogP contribution in [0.2, 0.25) is 0 Å². The fourth-order valence-electron chi connectivity index (χ4n) is 1.93. The Bertz CT molecular complexity index is 302. The number of carbonyl (C=O) groups excluding carboxylic acids is 1. The minimum atomic E-state index is -1.35. The first kappa shape index (κ1) is 14.0. The van der Waals surface area contributed by atoms with Crippen molar-refractivity contribution in [2.24, 2.45) is 5.41 Å². The molecule has 1 saturated heterocycles. The minimum absolute atomic E-state index is 0.331. The van der Waals surface area contributed by atoms with Crippen molar-refractivity contribution in [3.63, 3.8) is 0 Å². The van der Waals surface area contributed by atoms with Gasteiger partial charge in [-0.3, -0.25) is 9.59 Å². The van der Waals surface area contributed by atoms with Gasteiger partial charge in [-0.15, -0.1) is 0 Å². The van der Waals surface area contributed by atoms with Crippen molar-refractivity contribution in [1.82, 2.24) is 10.2 Å². The molecule has 1 rings (SSSR count). The molecule has 1 unspecified atom stereocenters. The summed E-state index contributed by atoms with van der Waals surface area (Å²) in [5.41, 5.74) is -1.35. The van der Waals surface area contributed by atoms with Crippen LogP contribution in [0.15, 0.2) is 0 Å². The molecule has 0 aromatic carbocycles. The number of hydrogen-bond acceptors (Lipinski definition) is 3. The third-order valence-electron chi connectivity index (χ3n) is 3.52. The number of likely N-dealkylation sites (N-methyl/N-ethyl adjacent to an activating group) is 1. The molecule has 0 bridgehead atoms. The molecule has 1 aliphatic rings. The Morgan fingerprint density at radius 2 is 2.06 bits per heavy atom. The summed E-state index contributed by atoms with van der Waals surface area (Å²) in [5.74, 6) is -1.50. The van der Waals surface area contributed by atoms with Crippen molar-refractivity contribution in [1.29, 1.82) is 0 Å². The van der Waals surface area contributed by atoms with E-state index in [1.165, 1.54) is 26.7 Å². The third kappa shape index (κ3) is 3.43. The highest BCUT2D eigenvalue weighted by molar-refractivity contribution is 6.00. The van der Waals surface area contributed by atoms with Crippen LogP contribution in [0, 0.1) is 5.41 Å². The Balaban J connectivity index is 2.45. The highest BCUT2D eigenvalue weighted by atomic mass is 16.4. The topological polar surface area (TPSA) is 69.6 Å². The van der Waals surface area contributed by atoms with Crippen LogP contribution in [0.5, 0.6) is 0 Å². The van der Waals surface area contributed by atoms with Gasteiger partial charge in [-0.1, -0.05) is 6.42 Å². The van der Waals surface area contributed by atoms with Gasteiger partial charge in [0.15, 0.2) is 0 Å². The maximum atomic E-state index is 11.7. The number of aliphatic carboxylic acids is 1. The van der Waals surface area contributed by atoms with Crippen molar-refractivity contribution < 1.29 is 14.7 Å². The zero-order chi connectivity index (χ0) is 13.1. The highest BCUT2D eigenvalue weighted by Crippen LogP contribution is 2.17. The molecule has 5 heteroatoms. The average Bonchev–Trinajstić information content (AvgIpc) is 2.27. The van der Waals surface area contributed by atoms with E-state index in [-0.39, 0.29) is 0 Å². The Morgan fingerprint density at radius 1 is 1.41 bits per heavy atom. The fraction of sp³-hybridized carbons (Fsp3) is 0.833. The van der Waals surface area contributed by atoms with Gasteiger partial charge in [0.1, 0.15) is 5.41 Å². The maximum absolute atomic E-state index is 11.7. The van der Waals surface area contributed by atoms with E-state index in [4.69, 9.17) is 5.11 Å². The number of hydrogen-bond donors (Lipinski definition) is 2. The van der Waals surface area contributed by atoms with Gasteiger partial charge in [0, 0.05) is 12.6 Å². The van der Waals surface area contributed by atoms with Crippen LogP contribution >= 0.6 is 0 Å². The second-order valence-electron chi connectivity index (χ2n) is 5.27. The minimum Gasteiger partial charge on any atom is -0.480 e. The number of carbonyl (C=O) groups is 2. The highest BCUT2D eigenvalue weighted by Gasteiger charge is 2.36. The van der Waals surface area contributed by atoms with E-state index in [0.29, 0.717) is 12.6 Å². The number of piperidine rings is 1. The summed E-state index contributed by atoms with van der Waals surface area (Å²) in [5, 5.41) is 11.7. The van der Waals surface area contributed by atoms with Crippen molar-refractivity contribution >= 4 is 11.9 Å². The molecule has 0 aromatic heterocycles. The lowest BCUT2D eigenvalue weighted by Crippen LogP contribution is -2.49. The lowest BCUT2D eigenvalue weighted by atomic mass is 9.92.